The summed E-state index contributed by atoms with van der Waals surface area (Å²) in [6, 6.07) is 0. The lowest BCUT2D eigenvalue weighted by Gasteiger charge is -2.37. The van der Waals surface area contributed by atoms with Gasteiger partial charge in [-0.05, 0) is 49.9 Å². The van der Waals surface area contributed by atoms with Crippen LogP contribution in [0.15, 0.2) is 6.20 Å². The third kappa shape index (κ3) is 2.88. The highest BCUT2D eigenvalue weighted by atomic mass is 15.1. The van der Waals surface area contributed by atoms with E-state index in [1.165, 1.54) is 31.4 Å². The minimum absolute atomic E-state index is 0.467. The lowest BCUT2D eigenvalue weighted by molar-refractivity contribution is 0.143. The van der Waals surface area contributed by atoms with Crippen molar-refractivity contribution in [3.63, 3.8) is 0 Å². The van der Waals surface area contributed by atoms with Crippen LogP contribution in [0.25, 0.3) is 0 Å². The summed E-state index contributed by atoms with van der Waals surface area (Å²) in [4.78, 5) is 4.18. The van der Waals surface area contributed by atoms with Crippen LogP contribution >= 0.6 is 0 Å². The Bertz CT molecular complexity index is 373. The van der Waals surface area contributed by atoms with E-state index < -0.39 is 0 Å². The predicted octanol–water partition coefficient (Wildman–Crippen LogP) is 3.63. The molecule has 1 aromatic heterocycles. The summed E-state index contributed by atoms with van der Waals surface area (Å²) in [5.41, 5.74) is 7.56. The van der Waals surface area contributed by atoms with Crippen LogP contribution in [-0.4, -0.2) is 9.55 Å². The highest BCUT2D eigenvalue weighted by molar-refractivity contribution is 5.21. The van der Waals surface area contributed by atoms with Crippen molar-refractivity contribution < 1.29 is 0 Å². The summed E-state index contributed by atoms with van der Waals surface area (Å²) in [7, 11) is 0. The second-order valence-corrected chi connectivity index (χ2v) is 6.95. The average Bonchev–Trinajstić information content (AvgIpc) is 2.60. The first-order valence-electron chi connectivity index (χ1n) is 7.15. The number of aromatic nitrogens is 2. The Morgan fingerprint density at radius 1 is 1.28 bits per heavy atom. The highest BCUT2D eigenvalue weighted by Gasteiger charge is 2.29. The van der Waals surface area contributed by atoms with Crippen LogP contribution in [0.2, 0.25) is 0 Å². The van der Waals surface area contributed by atoms with Gasteiger partial charge in [0.05, 0.1) is 6.20 Å². The Kier molecular flexibility index (Phi) is 3.69. The van der Waals surface area contributed by atoms with Crippen LogP contribution in [-0.2, 0) is 6.54 Å². The molecule has 0 spiro atoms. The smallest absolute Gasteiger partial charge is 0.200 e. The molecule has 1 aliphatic carbocycles. The van der Waals surface area contributed by atoms with Crippen molar-refractivity contribution in [2.24, 2.45) is 17.3 Å². The number of nitrogen functional groups attached to an aromatic ring is 1. The summed E-state index contributed by atoms with van der Waals surface area (Å²) in [6.07, 6.45) is 7.26. The summed E-state index contributed by atoms with van der Waals surface area (Å²) < 4.78 is 2.17. The van der Waals surface area contributed by atoms with Crippen molar-refractivity contribution in [3.05, 3.63) is 11.9 Å². The van der Waals surface area contributed by atoms with Gasteiger partial charge in [-0.1, -0.05) is 20.8 Å². The van der Waals surface area contributed by atoms with E-state index in [1.807, 2.05) is 6.20 Å². The number of nitrogens with zero attached hydrogens (tertiary/aromatic N) is 2. The summed E-state index contributed by atoms with van der Waals surface area (Å²) in [6.45, 7) is 10.3. The number of imidazole rings is 1. The molecule has 1 fully saturated rings. The van der Waals surface area contributed by atoms with Gasteiger partial charge < -0.3 is 10.3 Å². The van der Waals surface area contributed by atoms with Crippen LogP contribution in [0.5, 0.6) is 0 Å². The van der Waals surface area contributed by atoms with Gasteiger partial charge in [0.25, 0.3) is 0 Å². The molecule has 2 rings (SSSR count). The number of rotatable bonds is 2. The molecule has 1 aliphatic rings. The van der Waals surface area contributed by atoms with E-state index in [0.29, 0.717) is 11.4 Å². The van der Waals surface area contributed by atoms with Crippen LogP contribution in [0.4, 0.5) is 5.95 Å². The molecule has 0 saturated heterocycles. The molecule has 0 aromatic carbocycles. The van der Waals surface area contributed by atoms with E-state index in [4.69, 9.17) is 5.73 Å². The number of anilines is 1. The maximum absolute atomic E-state index is 5.91. The van der Waals surface area contributed by atoms with E-state index in [1.54, 1.807) is 0 Å². The Hall–Kier alpha value is -0.990. The summed E-state index contributed by atoms with van der Waals surface area (Å²) >= 11 is 0. The lowest BCUT2D eigenvalue weighted by atomic mass is 9.70. The van der Waals surface area contributed by atoms with Crippen molar-refractivity contribution in [1.29, 1.82) is 0 Å². The topological polar surface area (TPSA) is 43.8 Å². The molecule has 0 unspecified atom stereocenters. The molecular weight excluding hydrogens is 222 g/mol. The van der Waals surface area contributed by atoms with Crippen molar-refractivity contribution in [3.8, 4) is 0 Å². The normalized spacial score (nSPS) is 25.3. The van der Waals surface area contributed by atoms with E-state index >= 15 is 0 Å². The molecule has 0 radical (unpaired) electrons. The van der Waals surface area contributed by atoms with Crippen LogP contribution in [0.3, 0.4) is 0 Å². The Morgan fingerprint density at radius 2 is 1.89 bits per heavy atom. The van der Waals surface area contributed by atoms with Gasteiger partial charge >= 0.3 is 0 Å². The first kappa shape index (κ1) is 13.4. The molecule has 2 N–H and O–H groups in total. The number of aryl methyl sites for hydroxylation is 1. The van der Waals surface area contributed by atoms with E-state index in [2.05, 4.69) is 37.2 Å². The monoisotopic (exact) mass is 249 g/mol. The third-order valence-corrected chi connectivity index (χ3v) is 4.60. The zero-order valence-corrected chi connectivity index (χ0v) is 12.2. The van der Waals surface area contributed by atoms with E-state index in [0.717, 1.165) is 18.4 Å². The number of hydrogen-bond donors (Lipinski definition) is 1. The largest absolute Gasteiger partial charge is 0.369 e. The second-order valence-electron chi connectivity index (χ2n) is 6.95. The van der Waals surface area contributed by atoms with Gasteiger partial charge in [0.2, 0.25) is 0 Å². The first-order chi connectivity index (χ1) is 8.38. The minimum atomic E-state index is 0.467. The maximum atomic E-state index is 5.91. The SMILES string of the molecule is Cc1cnc(N)n1CC1CCC(C(C)(C)C)CC1. The van der Waals surface area contributed by atoms with Crippen molar-refractivity contribution in [2.75, 3.05) is 5.73 Å². The van der Waals surface area contributed by atoms with Gasteiger partial charge in [-0.15, -0.1) is 0 Å². The van der Waals surface area contributed by atoms with E-state index in [9.17, 15) is 0 Å². The van der Waals surface area contributed by atoms with Crippen LogP contribution in [0, 0.1) is 24.2 Å². The molecule has 0 bridgehead atoms. The molecule has 0 amide bonds. The number of hydrogen-bond acceptors (Lipinski definition) is 2. The number of nitrogens with two attached hydrogens (primary N) is 1. The molecular formula is C15H27N3. The molecule has 0 aliphatic heterocycles. The fourth-order valence-corrected chi connectivity index (χ4v) is 3.19. The van der Waals surface area contributed by atoms with Gasteiger partial charge in [0.1, 0.15) is 0 Å². The van der Waals surface area contributed by atoms with Crippen LogP contribution in [0.1, 0.15) is 52.1 Å². The zero-order valence-electron chi connectivity index (χ0n) is 12.2. The van der Waals surface area contributed by atoms with Crippen molar-refractivity contribution in [2.45, 2.75) is 59.9 Å². The van der Waals surface area contributed by atoms with Gasteiger partial charge in [0.15, 0.2) is 5.95 Å². The van der Waals surface area contributed by atoms with Crippen molar-refractivity contribution >= 4 is 5.95 Å². The second kappa shape index (κ2) is 4.94. The lowest BCUT2D eigenvalue weighted by Crippen LogP contribution is -2.27. The Balaban J connectivity index is 1.91. The predicted molar refractivity (Wildman–Crippen MR) is 76.3 cm³/mol. The van der Waals surface area contributed by atoms with Gasteiger partial charge in [0, 0.05) is 12.2 Å². The quantitative estimate of drug-likeness (QED) is 0.870. The molecule has 3 nitrogen and oxygen atoms in total. The molecule has 18 heavy (non-hydrogen) atoms. The fourth-order valence-electron chi connectivity index (χ4n) is 3.19. The minimum Gasteiger partial charge on any atom is -0.369 e. The molecule has 0 atom stereocenters. The highest BCUT2D eigenvalue weighted by Crippen LogP contribution is 2.40. The maximum Gasteiger partial charge on any atom is 0.200 e. The summed E-state index contributed by atoms with van der Waals surface area (Å²) in [5, 5.41) is 0. The summed E-state index contributed by atoms with van der Waals surface area (Å²) in [5.74, 6) is 2.33. The van der Waals surface area contributed by atoms with Gasteiger partial charge in [-0.3, -0.25) is 0 Å². The van der Waals surface area contributed by atoms with Gasteiger partial charge in [-0.2, -0.15) is 0 Å². The molecule has 1 aromatic rings. The molecule has 3 heteroatoms. The Labute approximate surface area is 111 Å². The van der Waals surface area contributed by atoms with Crippen molar-refractivity contribution in [1.82, 2.24) is 9.55 Å². The zero-order chi connectivity index (χ0) is 13.3. The average molecular weight is 249 g/mol. The van der Waals surface area contributed by atoms with Gasteiger partial charge in [-0.25, -0.2) is 4.98 Å². The third-order valence-electron chi connectivity index (χ3n) is 4.60. The fraction of sp³-hybridized carbons (Fsp3) is 0.800. The Morgan fingerprint density at radius 3 is 2.33 bits per heavy atom. The molecule has 1 saturated carbocycles. The van der Waals surface area contributed by atoms with Crippen LogP contribution < -0.4 is 5.73 Å². The first-order valence-corrected chi connectivity index (χ1v) is 7.15. The molecule has 1 heterocycles. The van der Waals surface area contributed by atoms with E-state index in [-0.39, 0.29) is 0 Å². The molecule has 102 valence electrons. The standard InChI is InChI=1S/C15H27N3/c1-11-9-17-14(16)18(11)10-12-5-7-13(8-6-12)15(2,3)4/h9,12-13H,5-8,10H2,1-4H3,(H2,16,17).